The molecule has 1 aliphatic heterocycles. The van der Waals surface area contributed by atoms with Crippen molar-refractivity contribution in [3.05, 3.63) is 97.5 Å². The Bertz CT molecular complexity index is 1270. The fraction of sp³-hybridized carbons (Fsp3) is 0.259. The van der Waals surface area contributed by atoms with Gasteiger partial charge in [0.15, 0.2) is 11.4 Å². The van der Waals surface area contributed by atoms with E-state index >= 15 is 0 Å². The number of benzene rings is 3. The molecule has 1 heterocycles. The Morgan fingerprint density at radius 1 is 0.970 bits per heavy atom. The van der Waals surface area contributed by atoms with Crippen LogP contribution in [0.2, 0.25) is 10.0 Å². The van der Waals surface area contributed by atoms with Crippen LogP contribution >= 0.6 is 23.2 Å². The zero-order valence-electron chi connectivity index (χ0n) is 19.0. The molecule has 0 saturated carbocycles. The third-order valence-electron chi connectivity index (χ3n) is 6.64. The van der Waals surface area contributed by atoms with E-state index in [1.807, 2.05) is 52.0 Å². The summed E-state index contributed by atoms with van der Waals surface area (Å²) in [5.74, 6) is -0.842. The summed E-state index contributed by atoms with van der Waals surface area (Å²) in [6.45, 7) is 7.86. The molecule has 0 spiro atoms. The van der Waals surface area contributed by atoms with Gasteiger partial charge in [-0.15, -0.1) is 0 Å². The largest absolute Gasteiger partial charge is 0.375 e. The lowest BCUT2D eigenvalue weighted by Crippen LogP contribution is -2.41. The summed E-state index contributed by atoms with van der Waals surface area (Å²) in [5, 5.41) is 12.6. The van der Waals surface area contributed by atoms with Crippen molar-refractivity contribution in [3.8, 4) is 0 Å². The third-order valence-corrected chi connectivity index (χ3v) is 7.25. The van der Waals surface area contributed by atoms with Gasteiger partial charge in [-0.2, -0.15) is 0 Å². The number of anilines is 1. The molecule has 0 unspecified atom stereocenters. The monoisotopic (exact) mass is 481 g/mol. The second-order valence-corrected chi connectivity index (χ2v) is 9.58. The molecule has 3 aromatic carbocycles. The average molecular weight is 482 g/mol. The molecule has 1 atom stereocenters. The highest BCUT2D eigenvalue weighted by atomic mass is 35.5. The maximum absolute atomic E-state index is 13.6. The van der Waals surface area contributed by atoms with Crippen LogP contribution in [0.4, 0.5) is 5.69 Å². The highest BCUT2D eigenvalue weighted by molar-refractivity contribution is 6.31. The standard InChI is InChI=1S/C27H25Cl2NO3/c1-15-11-16(2)18(4)25(17(15)3)24(31)13-27(33)21-12-20(28)9-10-23(21)30(26(27)32)14-19-7-5-6-8-22(19)29/h5-12,33H,13-14H2,1-4H3/t27-/m0/s1. The van der Waals surface area contributed by atoms with Gasteiger partial charge in [0, 0.05) is 21.2 Å². The molecule has 170 valence electrons. The van der Waals surface area contributed by atoms with Gasteiger partial charge in [-0.3, -0.25) is 9.59 Å². The van der Waals surface area contributed by atoms with E-state index in [0.29, 0.717) is 26.9 Å². The number of rotatable bonds is 5. The molecule has 0 fully saturated rings. The fourth-order valence-electron chi connectivity index (χ4n) is 4.60. The molecule has 6 heteroatoms. The van der Waals surface area contributed by atoms with Crippen molar-refractivity contribution in [3.63, 3.8) is 0 Å². The van der Waals surface area contributed by atoms with Gasteiger partial charge in [0.25, 0.3) is 5.91 Å². The van der Waals surface area contributed by atoms with Crippen molar-refractivity contribution in [2.75, 3.05) is 4.90 Å². The van der Waals surface area contributed by atoms with E-state index in [4.69, 9.17) is 23.2 Å². The predicted molar refractivity (Wildman–Crippen MR) is 132 cm³/mol. The first kappa shape index (κ1) is 23.5. The van der Waals surface area contributed by atoms with Gasteiger partial charge in [-0.05, 0) is 79.8 Å². The number of fused-ring (bicyclic) bond motifs is 1. The molecule has 0 bridgehead atoms. The number of carbonyl (C=O) groups excluding carboxylic acids is 2. The number of aliphatic hydroxyl groups is 1. The molecule has 0 saturated heterocycles. The van der Waals surface area contributed by atoms with Crippen LogP contribution in [0.5, 0.6) is 0 Å². The van der Waals surface area contributed by atoms with Crippen molar-refractivity contribution < 1.29 is 14.7 Å². The van der Waals surface area contributed by atoms with E-state index in [-0.39, 0.29) is 18.7 Å². The molecular formula is C27H25Cl2NO3. The van der Waals surface area contributed by atoms with Crippen LogP contribution in [0.3, 0.4) is 0 Å². The minimum absolute atomic E-state index is 0.172. The lowest BCUT2D eigenvalue weighted by Gasteiger charge is -2.24. The van der Waals surface area contributed by atoms with Gasteiger partial charge in [0.2, 0.25) is 0 Å². The highest BCUT2D eigenvalue weighted by Crippen LogP contribution is 2.45. The van der Waals surface area contributed by atoms with Crippen LogP contribution in [0, 0.1) is 27.7 Å². The number of aryl methyl sites for hydroxylation is 2. The van der Waals surface area contributed by atoms with Gasteiger partial charge >= 0.3 is 0 Å². The predicted octanol–water partition coefficient (Wildman–Crippen LogP) is 6.23. The van der Waals surface area contributed by atoms with E-state index in [1.54, 1.807) is 24.3 Å². The smallest absolute Gasteiger partial charge is 0.264 e. The SMILES string of the molecule is Cc1cc(C)c(C)c(C(=O)C[C@@]2(O)C(=O)N(Cc3ccccc3Cl)c3ccc(Cl)cc32)c1C. The summed E-state index contributed by atoms with van der Waals surface area (Å²) in [6, 6.07) is 14.2. The Balaban J connectivity index is 1.78. The van der Waals surface area contributed by atoms with Gasteiger partial charge in [0.05, 0.1) is 18.7 Å². The molecule has 3 aromatic rings. The Hall–Kier alpha value is -2.66. The summed E-state index contributed by atoms with van der Waals surface area (Å²) in [5.41, 5.74) is 3.84. The van der Waals surface area contributed by atoms with Crippen molar-refractivity contribution in [1.29, 1.82) is 0 Å². The minimum atomic E-state index is -2.02. The highest BCUT2D eigenvalue weighted by Gasteiger charge is 2.51. The molecule has 0 radical (unpaired) electrons. The van der Waals surface area contributed by atoms with Crippen molar-refractivity contribution in [2.45, 2.75) is 46.3 Å². The maximum atomic E-state index is 13.6. The summed E-state index contributed by atoms with van der Waals surface area (Å²) in [6.07, 6.45) is -0.372. The number of nitrogens with zero attached hydrogens (tertiary/aromatic N) is 1. The Morgan fingerprint density at radius 2 is 1.61 bits per heavy atom. The molecule has 0 aromatic heterocycles. The minimum Gasteiger partial charge on any atom is -0.375 e. The summed E-state index contributed by atoms with van der Waals surface area (Å²) in [7, 11) is 0. The summed E-state index contributed by atoms with van der Waals surface area (Å²) >= 11 is 12.6. The van der Waals surface area contributed by atoms with E-state index < -0.39 is 11.5 Å². The van der Waals surface area contributed by atoms with E-state index in [1.165, 1.54) is 4.90 Å². The molecule has 1 aliphatic rings. The molecule has 4 nitrogen and oxygen atoms in total. The Kier molecular flexibility index (Phi) is 6.12. The van der Waals surface area contributed by atoms with Gasteiger partial charge in [-0.1, -0.05) is 47.5 Å². The first-order valence-electron chi connectivity index (χ1n) is 10.7. The number of halogens is 2. The zero-order valence-corrected chi connectivity index (χ0v) is 20.5. The zero-order chi connectivity index (χ0) is 24.1. The lowest BCUT2D eigenvalue weighted by atomic mass is 9.84. The molecular weight excluding hydrogens is 457 g/mol. The van der Waals surface area contributed by atoms with Gasteiger partial charge in [0.1, 0.15) is 0 Å². The molecule has 4 rings (SSSR count). The number of ketones is 1. The van der Waals surface area contributed by atoms with Crippen LogP contribution < -0.4 is 4.90 Å². The van der Waals surface area contributed by atoms with Crippen molar-refractivity contribution in [1.82, 2.24) is 0 Å². The van der Waals surface area contributed by atoms with Crippen LogP contribution in [0.25, 0.3) is 0 Å². The van der Waals surface area contributed by atoms with E-state index in [2.05, 4.69) is 0 Å². The maximum Gasteiger partial charge on any atom is 0.264 e. The number of amides is 1. The van der Waals surface area contributed by atoms with Crippen molar-refractivity contribution >= 4 is 40.6 Å². The second kappa shape index (κ2) is 8.60. The molecule has 1 N–H and O–H groups in total. The normalized spacial score (nSPS) is 17.4. The van der Waals surface area contributed by atoms with Crippen molar-refractivity contribution in [2.24, 2.45) is 0 Å². The number of carbonyl (C=O) groups is 2. The average Bonchev–Trinajstić information content (AvgIpc) is 2.95. The topological polar surface area (TPSA) is 57.6 Å². The Morgan fingerprint density at radius 3 is 2.24 bits per heavy atom. The van der Waals surface area contributed by atoms with Crippen LogP contribution in [0.15, 0.2) is 48.5 Å². The first-order chi connectivity index (χ1) is 15.5. The van der Waals surface area contributed by atoms with Crippen LogP contribution in [-0.4, -0.2) is 16.8 Å². The second-order valence-electron chi connectivity index (χ2n) is 8.74. The van der Waals surface area contributed by atoms with E-state index in [9.17, 15) is 14.7 Å². The Labute approximate surface area is 203 Å². The quantitative estimate of drug-likeness (QED) is 0.439. The van der Waals surface area contributed by atoms with Crippen LogP contribution in [-0.2, 0) is 16.9 Å². The van der Waals surface area contributed by atoms with Gasteiger partial charge in [-0.25, -0.2) is 0 Å². The number of hydrogen-bond donors (Lipinski definition) is 1. The number of hydrogen-bond acceptors (Lipinski definition) is 3. The summed E-state index contributed by atoms with van der Waals surface area (Å²) in [4.78, 5) is 28.6. The lowest BCUT2D eigenvalue weighted by molar-refractivity contribution is -0.136. The molecule has 1 amide bonds. The number of Topliss-reactive ketones (excluding diaryl/α,β-unsaturated/α-hetero) is 1. The first-order valence-corrected chi connectivity index (χ1v) is 11.5. The fourth-order valence-corrected chi connectivity index (χ4v) is 4.97. The van der Waals surface area contributed by atoms with E-state index in [0.717, 1.165) is 27.8 Å². The molecule has 0 aliphatic carbocycles. The van der Waals surface area contributed by atoms with Crippen LogP contribution in [0.1, 0.15) is 50.2 Å². The van der Waals surface area contributed by atoms with Gasteiger partial charge < -0.3 is 10.0 Å². The molecule has 33 heavy (non-hydrogen) atoms. The third kappa shape index (κ3) is 3.97. The summed E-state index contributed by atoms with van der Waals surface area (Å²) < 4.78 is 0.